The van der Waals surface area contributed by atoms with E-state index >= 15 is 0 Å². The Morgan fingerprint density at radius 2 is 2.48 bits per heavy atom. The first-order chi connectivity index (χ1) is 10.2. The molecule has 1 atom stereocenters. The van der Waals surface area contributed by atoms with Crippen LogP contribution in [0.15, 0.2) is 24.5 Å². The number of rotatable bonds is 4. The molecule has 1 aliphatic heterocycles. The third-order valence-corrected chi connectivity index (χ3v) is 3.50. The predicted octanol–water partition coefficient (Wildman–Crippen LogP) is 0.986. The van der Waals surface area contributed by atoms with Crippen molar-refractivity contribution in [2.75, 3.05) is 11.9 Å². The molecule has 0 saturated carbocycles. The van der Waals surface area contributed by atoms with Crippen molar-refractivity contribution in [3.05, 3.63) is 35.8 Å². The number of pyridine rings is 1. The highest BCUT2D eigenvalue weighted by molar-refractivity contribution is 6.02. The minimum atomic E-state index is -0.293. The lowest BCUT2D eigenvalue weighted by molar-refractivity contribution is 0.102. The molecule has 3 rings (SSSR count). The van der Waals surface area contributed by atoms with E-state index < -0.39 is 0 Å². The van der Waals surface area contributed by atoms with Gasteiger partial charge >= 0.3 is 0 Å². The van der Waals surface area contributed by atoms with Gasteiger partial charge in [-0.05, 0) is 44.0 Å². The molecule has 21 heavy (non-hydrogen) atoms. The lowest BCUT2D eigenvalue weighted by Gasteiger charge is -2.08. The molecule has 3 heterocycles. The highest BCUT2D eigenvalue weighted by atomic mass is 16.2. The smallest absolute Gasteiger partial charge is 0.278 e. The molecule has 0 radical (unpaired) electrons. The quantitative estimate of drug-likeness (QED) is 0.875. The average Bonchev–Trinajstić information content (AvgIpc) is 3.11. The molecule has 0 bridgehead atoms. The first kappa shape index (κ1) is 13.7. The summed E-state index contributed by atoms with van der Waals surface area (Å²) in [5.41, 5.74) is 1.34. The molecule has 0 aromatic carbocycles. The van der Waals surface area contributed by atoms with E-state index in [9.17, 15) is 4.79 Å². The topological polar surface area (TPSA) is 84.7 Å². The number of amides is 1. The lowest BCUT2D eigenvalue weighted by atomic mass is 10.2. The van der Waals surface area contributed by atoms with Crippen LogP contribution >= 0.6 is 0 Å². The Bertz CT molecular complexity index is 632. The van der Waals surface area contributed by atoms with E-state index in [4.69, 9.17) is 0 Å². The number of nitrogens with one attached hydrogen (secondary N) is 2. The third kappa shape index (κ3) is 3.43. The molecule has 1 saturated heterocycles. The Balaban J connectivity index is 1.63. The molecule has 7 heteroatoms. The van der Waals surface area contributed by atoms with E-state index in [1.54, 1.807) is 17.1 Å². The highest BCUT2D eigenvalue weighted by Crippen LogP contribution is 2.09. The van der Waals surface area contributed by atoms with Gasteiger partial charge in [0.1, 0.15) is 5.82 Å². The second-order valence-corrected chi connectivity index (χ2v) is 5.29. The Kier molecular flexibility index (Phi) is 3.92. The number of hydrogen-bond donors (Lipinski definition) is 2. The molecule has 2 N–H and O–H groups in total. The number of carbonyl (C=O) groups is 1. The van der Waals surface area contributed by atoms with Crippen LogP contribution in [0.4, 0.5) is 5.82 Å². The average molecular weight is 286 g/mol. The van der Waals surface area contributed by atoms with Crippen LogP contribution in [0.2, 0.25) is 0 Å². The SMILES string of the molecule is Cc1ccnc(NC(=O)c2cn(C[C@@H]3CCCN3)nn2)c1. The van der Waals surface area contributed by atoms with Crippen LogP contribution in [-0.2, 0) is 6.54 Å². The normalized spacial score (nSPS) is 17.9. The van der Waals surface area contributed by atoms with Gasteiger partial charge < -0.3 is 10.6 Å². The van der Waals surface area contributed by atoms with Crippen molar-refractivity contribution in [3.8, 4) is 0 Å². The van der Waals surface area contributed by atoms with Crippen molar-refractivity contribution < 1.29 is 4.79 Å². The second kappa shape index (κ2) is 6.01. The fraction of sp³-hybridized carbons (Fsp3) is 0.429. The minimum absolute atomic E-state index is 0.293. The standard InChI is InChI=1S/C14H18N6O/c1-10-4-6-16-13(7-10)17-14(21)12-9-20(19-18-12)8-11-3-2-5-15-11/h4,6-7,9,11,15H,2-3,5,8H2,1H3,(H,16,17,21)/t11-/m0/s1. The van der Waals surface area contributed by atoms with E-state index in [1.165, 1.54) is 6.42 Å². The number of hydrogen-bond acceptors (Lipinski definition) is 5. The molecule has 0 spiro atoms. The predicted molar refractivity (Wildman–Crippen MR) is 78.0 cm³/mol. The van der Waals surface area contributed by atoms with Crippen molar-refractivity contribution in [3.63, 3.8) is 0 Å². The van der Waals surface area contributed by atoms with Crippen molar-refractivity contribution in [2.45, 2.75) is 32.4 Å². The maximum atomic E-state index is 12.1. The van der Waals surface area contributed by atoms with E-state index in [0.717, 1.165) is 25.1 Å². The minimum Gasteiger partial charge on any atom is -0.312 e. The van der Waals surface area contributed by atoms with Crippen LogP contribution in [0, 0.1) is 6.92 Å². The Morgan fingerprint density at radius 1 is 1.57 bits per heavy atom. The molecule has 110 valence electrons. The van der Waals surface area contributed by atoms with E-state index in [0.29, 0.717) is 17.6 Å². The van der Waals surface area contributed by atoms with Crippen molar-refractivity contribution >= 4 is 11.7 Å². The maximum absolute atomic E-state index is 12.1. The monoisotopic (exact) mass is 286 g/mol. The summed E-state index contributed by atoms with van der Waals surface area (Å²) in [6, 6.07) is 4.10. The van der Waals surface area contributed by atoms with Gasteiger partial charge in [0.2, 0.25) is 0 Å². The zero-order valence-electron chi connectivity index (χ0n) is 11.9. The molecule has 0 unspecified atom stereocenters. The Morgan fingerprint density at radius 3 is 3.24 bits per heavy atom. The molecule has 2 aromatic heterocycles. The number of carbonyl (C=O) groups excluding carboxylic acids is 1. The lowest BCUT2D eigenvalue weighted by Crippen LogP contribution is -2.26. The number of anilines is 1. The first-order valence-corrected chi connectivity index (χ1v) is 7.08. The maximum Gasteiger partial charge on any atom is 0.278 e. The second-order valence-electron chi connectivity index (χ2n) is 5.29. The van der Waals surface area contributed by atoms with Gasteiger partial charge in [-0.25, -0.2) is 4.98 Å². The van der Waals surface area contributed by atoms with Crippen LogP contribution in [0.5, 0.6) is 0 Å². The largest absolute Gasteiger partial charge is 0.312 e. The number of aromatic nitrogens is 4. The zero-order valence-corrected chi connectivity index (χ0v) is 11.9. The van der Waals surface area contributed by atoms with E-state index in [1.807, 2.05) is 19.1 Å². The van der Waals surface area contributed by atoms with E-state index in [2.05, 4.69) is 25.9 Å². The van der Waals surface area contributed by atoms with E-state index in [-0.39, 0.29) is 5.91 Å². The molecule has 0 aliphatic carbocycles. The summed E-state index contributed by atoms with van der Waals surface area (Å²) in [6.07, 6.45) is 5.65. The summed E-state index contributed by atoms with van der Waals surface area (Å²) in [5.74, 6) is 0.228. The first-order valence-electron chi connectivity index (χ1n) is 7.08. The van der Waals surface area contributed by atoms with Gasteiger partial charge in [-0.15, -0.1) is 5.10 Å². The molecular formula is C14H18N6O. The van der Waals surface area contributed by atoms with Crippen LogP contribution in [-0.4, -0.2) is 38.5 Å². The third-order valence-electron chi connectivity index (χ3n) is 3.50. The van der Waals surface area contributed by atoms with Gasteiger partial charge in [0.05, 0.1) is 12.7 Å². The molecular weight excluding hydrogens is 268 g/mol. The van der Waals surface area contributed by atoms with Gasteiger partial charge in [0, 0.05) is 12.2 Å². The Labute approximate surface area is 122 Å². The van der Waals surface area contributed by atoms with Crippen molar-refractivity contribution in [2.24, 2.45) is 0 Å². The highest BCUT2D eigenvalue weighted by Gasteiger charge is 2.17. The van der Waals surface area contributed by atoms with Crippen LogP contribution in [0.3, 0.4) is 0 Å². The molecule has 7 nitrogen and oxygen atoms in total. The summed E-state index contributed by atoms with van der Waals surface area (Å²) < 4.78 is 1.71. The van der Waals surface area contributed by atoms with Crippen LogP contribution in [0.1, 0.15) is 28.9 Å². The van der Waals surface area contributed by atoms with Crippen LogP contribution < -0.4 is 10.6 Å². The van der Waals surface area contributed by atoms with Gasteiger partial charge in [0.15, 0.2) is 5.69 Å². The van der Waals surface area contributed by atoms with Gasteiger partial charge in [-0.2, -0.15) is 0 Å². The summed E-state index contributed by atoms with van der Waals surface area (Å²) in [7, 11) is 0. The van der Waals surface area contributed by atoms with Gasteiger partial charge in [-0.1, -0.05) is 5.21 Å². The fourth-order valence-corrected chi connectivity index (χ4v) is 2.41. The fourth-order valence-electron chi connectivity index (χ4n) is 2.41. The Hall–Kier alpha value is -2.28. The summed E-state index contributed by atoms with van der Waals surface area (Å²) in [5, 5.41) is 14.0. The number of nitrogens with zero attached hydrogens (tertiary/aromatic N) is 4. The summed E-state index contributed by atoms with van der Waals surface area (Å²) >= 11 is 0. The summed E-state index contributed by atoms with van der Waals surface area (Å²) in [6.45, 7) is 3.73. The molecule has 1 aliphatic rings. The van der Waals surface area contributed by atoms with Crippen molar-refractivity contribution in [1.29, 1.82) is 0 Å². The van der Waals surface area contributed by atoms with Gasteiger partial charge in [-0.3, -0.25) is 9.48 Å². The van der Waals surface area contributed by atoms with Crippen molar-refractivity contribution in [1.82, 2.24) is 25.3 Å². The van der Waals surface area contributed by atoms with Gasteiger partial charge in [0.25, 0.3) is 5.91 Å². The molecule has 1 amide bonds. The zero-order chi connectivity index (χ0) is 14.7. The molecule has 2 aromatic rings. The summed E-state index contributed by atoms with van der Waals surface area (Å²) in [4.78, 5) is 16.2. The van der Waals surface area contributed by atoms with Crippen LogP contribution in [0.25, 0.3) is 0 Å². The number of aryl methyl sites for hydroxylation is 1. The molecule has 1 fully saturated rings.